The summed E-state index contributed by atoms with van der Waals surface area (Å²) in [6, 6.07) is 13.7. The van der Waals surface area contributed by atoms with E-state index in [4.69, 9.17) is 0 Å². The molecule has 0 saturated heterocycles. The van der Waals surface area contributed by atoms with Gasteiger partial charge in [0.15, 0.2) is 0 Å². The first-order chi connectivity index (χ1) is 10.2. The quantitative estimate of drug-likeness (QED) is 0.602. The number of nitrogens with one attached hydrogen (secondary N) is 1. The average Bonchev–Trinajstić information content (AvgIpc) is 2.87. The lowest BCUT2D eigenvalue weighted by molar-refractivity contribution is 0.553. The minimum absolute atomic E-state index is 0.529. The Bertz CT molecular complexity index is 553. The van der Waals surface area contributed by atoms with Crippen LogP contribution in [0.15, 0.2) is 45.1 Å². The first kappa shape index (κ1) is 17.1. The maximum Gasteiger partial charge on any atom is 0.0701 e. The molecule has 0 amide bonds. The minimum atomic E-state index is 0.529. The Balaban J connectivity index is 1.92. The highest BCUT2D eigenvalue weighted by molar-refractivity contribution is 9.11. The maximum absolute atomic E-state index is 3.68. The number of aryl methyl sites for hydroxylation is 1. The van der Waals surface area contributed by atoms with Crippen LogP contribution in [-0.2, 0) is 6.42 Å². The van der Waals surface area contributed by atoms with Crippen LogP contribution in [0.3, 0.4) is 0 Å². The van der Waals surface area contributed by atoms with Crippen LogP contribution in [-0.4, -0.2) is 18.3 Å². The van der Waals surface area contributed by atoms with Crippen LogP contribution in [0.4, 0.5) is 0 Å². The third-order valence-electron chi connectivity index (χ3n) is 3.20. The van der Waals surface area contributed by atoms with Gasteiger partial charge in [-0.05, 0) is 66.5 Å². The van der Waals surface area contributed by atoms with E-state index < -0.39 is 0 Å². The number of rotatable bonds is 8. The van der Waals surface area contributed by atoms with E-state index in [9.17, 15) is 0 Å². The van der Waals surface area contributed by atoms with Gasteiger partial charge in [-0.15, -0.1) is 23.1 Å². The molecule has 2 rings (SSSR count). The van der Waals surface area contributed by atoms with Crippen LogP contribution >= 0.6 is 39.0 Å². The van der Waals surface area contributed by atoms with E-state index in [1.54, 1.807) is 0 Å². The second kappa shape index (κ2) is 8.99. The second-order valence-electron chi connectivity index (χ2n) is 5.19. The summed E-state index contributed by atoms with van der Waals surface area (Å²) < 4.78 is 1.22. The van der Waals surface area contributed by atoms with Gasteiger partial charge in [-0.3, -0.25) is 0 Å². The highest BCUT2D eigenvalue weighted by Crippen LogP contribution is 2.25. The summed E-state index contributed by atoms with van der Waals surface area (Å²) in [5, 5.41) is 3.68. The molecule has 1 unspecified atom stereocenters. The van der Waals surface area contributed by atoms with Crippen molar-refractivity contribution in [3.05, 3.63) is 50.6 Å². The summed E-state index contributed by atoms with van der Waals surface area (Å²) in [6.07, 6.45) is 2.29. The van der Waals surface area contributed by atoms with E-state index in [1.165, 1.54) is 25.5 Å². The van der Waals surface area contributed by atoms with Gasteiger partial charge in [-0.1, -0.05) is 24.6 Å². The summed E-state index contributed by atoms with van der Waals surface area (Å²) in [4.78, 5) is 2.81. The SMILES string of the molecule is CCCNC(CSc1cccc(C)c1)Cc1ccc(Br)s1. The molecule has 1 heterocycles. The van der Waals surface area contributed by atoms with Crippen LogP contribution in [0.25, 0.3) is 0 Å². The topological polar surface area (TPSA) is 12.0 Å². The monoisotopic (exact) mass is 383 g/mol. The van der Waals surface area contributed by atoms with E-state index in [1.807, 2.05) is 23.1 Å². The Labute approximate surface area is 144 Å². The van der Waals surface area contributed by atoms with Crippen molar-refractivity contribution < 1.29 is 0 Å². The van der Waals surface area contributed by atoms with Crippen LogP contribution in [0.1, 0.15) is 23.8 Å². The molecule has 0 spiro atoms. The molecule has 0 radical (unpaired) electrons. The van der Waals surface area contributed by atoms with Gasteiger partial charge in [-0.2, -0.15) is 0 Å². The van der Waals surface area contributed by atoms with Crippen molar-refractivity contribution >= 4 is 39.0 Å². The molecule has 1 nitrogen and oxygen atoms in total. The molecule has 1 aromatic heterocycles. The average molecular weight is 384 g/mol. The van der Waals surface area contributed by atoms with E-state index in [-0.39, 0.29) is 0 Å². The summed E-state index contributed by atoms with van der Waals surface area (Å²) in [7, 11) is 0. The molecular weight excluding hydrogens is 362 g/mol. The predicted molar refractivity (Wildman–Crippen MR) is 99.7 cm³/mol. The van der Waals surface area contributed by atoms with Crippen molar-refractivity contribution in [3.8, 4) is 0 Å². The molecule has 1 atom stereocenters. The molecular formula is C17H22BrNS2. The first-order valence-corrected chi connectivity index (χ1v) is 9.94. The smallest absolute Gasteiger partial charge is 0.0701 e. The Hall–Kier alpha value is -0.290. The van der Waals surface area contributed by atoms with Gasteiger partial charge in [0.1, 0.15) is 0 Å². The van der Waals surface area contributed by atoms with Gasteiger partial charge < -0.3 is 5.32 Å². The normalized spacial score (nSPS) is 12.5. The van der Waals surface area contributed by atoms with Crippen molar-refractivity contribution in [3.63, 3.8) is 0 Å². The summed E-state index contributed by atoms with van der Waals surface area (Å²) in [6.45, 7) is 5.46. The third kappa shape index (κ3) is 6.15. The lowest BCUT2D eigenvalue weighted by Crippen LogP contribution is -2.33. The van der Waals surface area contributed by atoms with Gasteiger partial charge >= 0.3 is 0 Å². The number of benzene rings is 1. The number of hydrogen-bond acceptors (Lipinski definition) is 3. The van der Waals surface area contributed by atoms with Crippen LogP contribution in [0.2, 0.25) is 0 Å². The van der Waals surface area contributed by atoms with Gasteiger partial charge in [0.25, 0.3) is 0 Å². The molecule has 0 aliphatic rings. The second-order valence-corrected chi connectivity index (χ2v) is 8.83. The highest BCUT2D eigenvalue weighted by Gasteiger charge is 2.11. The number of thiophene rings is 1. The van der Waals surface area contributed by atoms with Crippen molar-refractivity contribution in [1.82, 2.24) is 5.32 Å². The first-order valence-electron chi connectivity index (χ1n) is 7.34. The molecule has 0 saturated carbocycles. The molecule has 0 fully saturated rings. The fourth-order valence-corrected chi connectivity index (χ4v) is 4.78. The van der Waals surface area contributed by atoms with E-state index in [0.717, 1.165) is 18.7 Å². The van der Waals surface area contributed by atoms with Gasteiger partial charge in [0.05, 0.1) is 3.79 Å². The van der Waals surface area contributed by atoms with Crippen LogP contribution in [0, 0.1) is 6.92 Å². The minimum Gasteiger partial charge on any atom is -0.313 e. The molecule has 0 aliphatic heterocycles. The van der Waals surface area contributed by atoms with Crippen LogP contribution < -0.4 is 5.32 Å². The zero-order valence-electron chi connectivity index (χ0n) is 12.6. The predicted octanol–water partition coefficient (Wildman–Crippen LogP) is 5.52. The Morgan fingerprint density at radius 3 is 2.81 bits per heavy atom. The van der Waals surface area contributed by atoms with Crippen molar-refractivity contribution in [2.75, 3.05) is 12.3 Å². The Morgan fingerprint density at radius 2 is 2.14 bits per heavy atom. The number of thioether (sulfide) groups is 1. The van der Waals surface area contributed by atoms with Crippen molar-refractivity contribution in [1.29, 1.82) is 0 Å². The molecule has 2 aromatic rings. The Morgan fingerprint density at radius 1 is 1.29 bits per heavy atom. The third-order valence-corrected chi connectivity index (χ3v) is 6.00. The lowest BCUT2D eigenvalue weighted by Gasteiger charge is -2.17. The van der Waals surface area contributed by atoms with Gasteiger partial charge in [-0.25, -0.2) is 0 Å². The van der Waals surface area contributed by atoms with Crippen molar-refractivity contribution in [2.45, 2.75) is 37.6 Å². The molecule has 114 valence electrons. The van der Waals surface area contributed by atoms with E-state index >= 15 is 0 Å². The zero-order valence-corrected chi connectivity index (χ0v) is 15.8. The van der Waals surface area contributed by atoms with Crippen LogP contribution in [0.5, 0.6) is 0 Å². The molecule has 0 aliphatic carbocycles. The summed E-state index contributed by atoms with van der Waals surface area (Å²) in [5.41, 5.74) is 1.33. The highest BCUT2D eigenvalue weighted by atomic mass is 79.9. The molecule has 0 bridgehead atoms. The fraction of sp³-hybridized carbons (Fsp3) is 0.412. The van der Waals surface area contributed by atoms with Gasteiger partial charge in [0.2, 0.25) is 0 Å². The number of halogens is 1. The molecule has 4 heteroatoms. The largest absolute Gasteiger partial charge is 0.313 e. The Kier molecular flexibility index (Phi) is 7.30. The molecule has 1 N–H and O–H groups in total. The molecule has 21 heavy (non-hydrogen) atoms. The number of hydrogen-bond donors (Lipinski definition) is 1. The van der Waals surface area contributed by atoms with Gasteiger partial charge in [0, 0.05) is 21.6 Å². The maximum atomic E-state index is 3.68. The fourth-order valence-electron chi connectivity index (χ4n) is 2.14. The zero-order chi connectivity index (χ0) is 15.1. The summed E-state index contributed by atoms with van der Waals surface area (Å²) in [5.74, 6) is 1.11. The van der Waals surface area contributed by atoms with E-state index in [0.29, 0.717) is 6.04 Å². The lowest BCUT2D eigenvalue weighted by atomic mass is 10.2. The summed E-state index contributed by atoms with van der Waals surface area (Å²) >= 11 is 7.34. The van der Waals surface area contributed by atoms with E-state index in [2.05, 4.69) is 71.5 Å². The standard InChI is InChI=1S/C17H22BrNS2/c1-3-9-19-14(11-16-7-8-17(18)21-16)12-20-15-6-4-5-13(2)10-15/h4-8,10,14,19H,3,9,11-12H2,1-2H3. The van der Waals surface area contributed by atoms with Crippen molar-refractivity contribution in [2.24, 2.45) is 0 Å². The molecule has 1 aromatic carbocycles.